The highest BCUT2D eigenvalue weighted by Crippen LogP contribution is 2.24. The number of nitrogens with zero attached hydrogens (tertiary/aromatic N) is 3. The highest BCUT2D eigenvalue weighted by Gasteiger charge is 2.22. The van der Waals surface area contributed by atoms with Gasteiger partial charge < -0.3 is 14.9 Å². The van der Waals surface area contributed by atoms with Gasteiger partial charge in [-0.2, -0.15) is 0 Å². The minimum Gasteiger partial charge on any atom is -0.465 e. The molecule has 1 heterocycles. The Bertz CT molecular complexity index is 813. The van der Waals surface area contributed by atoms with Crippen LogP contribution in [0.3, 0.4) is 0 Å². The fraction of sp³-hybridized carbons (Fsp3) is 0.333. The summed E-state index contributed by atoms with van der Waals surface area (Å²) in [5.41, 5.74) is 3.76. The smallest absolute Gasteiger partial charge is 0.407 e. The Morgan fingerprint density at radius 3 is 2.22 bits per heavy atom. The molecular formula is C21H25N3O3. The molecule has 2 aromatic carbocycles. The van der Waals surface area contributed by atoms with Gasteiger partial charge in [0, 0.05) is 52.4 Å². The highest BCUT2D eigenvalue weighted by molar-refractivity contribution is 5.96. The van der Waals surface area contributed by atoms with E-state index in [1.165, 1.54) is 4.90 Å². The van der Waals surface area contributed by atoms with Gasteiger partial charge in [0.05, 0.1) is 0 Å². The molecule has 6 heteroatoms. The number of benzene rings is 2. The Morgan fingerprint density at radius 2 is 1.63 bits per heavy atom. The van der Waals surface area contributed by atoms with E-state index in [1.54, 1.807) is 19.0 Å². The number of hydrogen-bond donors (Lipinski definition) is 1. The maximum Gasteiger partial charge on any atom is 0.407 e. The van der Waals surface area contributed by atoms with Crippen molar-refractivity contribution in [3.63, 3.8) is 0 Å². The third-order valence-electron chi connectivity index (χ3n) is 4.89. The van der Waals surface area contributed by atoms with Gasteiger partial charge in [-0.15, -0.1) is 0 Å². The van der Waals surface area contributed by atoms with Crippen LogP contribution in [-0.2, 0) is 6.54 Å². The molecule has 1 N–H and O–H groups in total. The van der Waals surface area contributed by atoms with Crippen molar-refractivity contribution < 1.29 is 14.7 Å². The lowest BCUT2D eigenvalue weighted by atomic mass is 9.98. The van der Waals surface area contributed by atoms with Gasteiger partial charge in [0.2, 0.25) is 0 Å². The zero-order valence-electron chi connectivity index (χ0n) is 15.8. The molecule has 6 nitrogen and oxygen atoms in total. The van der Waals surface area contributed by atoms with Crippen molar-refractivity contribution in [2.45, 2.75) is 6.54 Å². The SMILES string of the molecule is CN(C)C(=O)c1cc(-c2ccccc2)ccc1CN1CCN(C(=O)O)CC1. The first-order valence-corrected chi connectivity index (χ1v) is 9.06. The molecular weight excluding hydrogens is 342 g/mol. The second-order valence-electron chi connectivity index (χ2n) is 6.98. The van der Waals surface area contributed by atoms with Gasteiger partial charge in [0.15, 0.2) is 0 Å². The summed E-state index contributed by atoms with van der Waals surface area (Å²) in [7, 11) is 3.51. The van der Waals surface area contributed by atoms with Crippen molar-refractivity contribution in [1.29, 1.82) is 0 Å². The first-order chi connectivity index (χ1) is 13.0. The van der Waals surface area contributed by atoms with E-state index < -0.39 is 6.09 Å². The molecule has 0 atom stereocenters. The maximum absolute atomic E-state index is 12.8. The van der Waals surface area contributed by atoms with E-state index in [9.17, 15) is 9.59 Å². The number of carboxylic acid groups (broad SMARTS) is 1. The minimum atomic E-state index is -0.870. The molecule has 27 heavy (non-hydrogen) atoms. The van der Waals surface area contributed by atoms with E-state index in [0.29, 0.717) is 38.3 Å². The summed E-state index contributed by atoms with van der Waals surface area (Å²) in [6.45, 7) is 2.96. The van der Waals surface area contributed by atoms with Crippen molar-refractivity contribution in [3.8, 4) is 11.1 Å². The van der Waals surface area contributed by atoms with E-state index >= 15 is 0 Å². The molecule has 0 aromatic heterocycles. The Kier molecular flexibility index (Phi) is 5.76. The number of carbonyl (C=O) groups is 2. The molecule has 2 aromatic rings. The molecule has 1 aliphatic rings. The topological polar surface area (TPSA) is 64.1 Å². The van der Waals surface area contributed by atoms with Gasteiger partial charge in [0.25, 0.3) is 5.91 Å². The van der Waals surface area contributed by atoms with Crippen molar-refractivity contribution in [1.82, 2.24) is 14.7 Å². The van der Waals surface area contributed by atoms with E-state index in [1.807, 2.05) is 48.5 Å². The summed E-state index contributed by atoms with van der Waals surface area (Å²) >= 11 is 0. The van der Waals surface area contributed by atoms with Crippen molar-refractivity contribution >= 4 is 12.0 Å². The normalized spacial score (nSPS) is 14.8. The van der Waals surface area contributed by atoms with Gasteiger partial charge in [-0.25, -0.2) is 4.79 Å². The Morgan fingerprint density at radius 1 is 0.963 bits per heavy atom. The van der Waals surface area contributed by atoms with Crippen LogP contribution in [0, 0.1) is 0 Å². The Hall–Kier alpha value is -2.86. The summed E-state index contributed by atoms with van der Waals surface area (Å²) in [5.74, 6) is -0.0213. The number of carbonyl (C=O) groups excluding carboxylic acids is 1. The van der Waals surface area contributed by atoms with Crippen LogP contribution in [0.15, 0.2) is 48.5 Å². The van der Waals surface area contributed by atoms with Crippen LogP contribution in [0.4, 0.5) is 4.79 Å². The summed E-state index contributed by atoms with van der Waals surface area (Å²) < 4.78 is 0. The molecule has 0 aliphatic carbocycles. The van der Waals surface area contributed by atoms with Crippen LogP contribution in [0.5, 0.6) is 0 Å². The predicted molar refractivity (Wildman–Crippen MR) is 105 cm³/mol. The number of rotatable bonds is 4. The van der Waals surface area contributed by atoms with Crippen molar-refractivity contribution in [2.24, 2.45) is 0 Å². The van der Waals surface area contributed by atoms with Crippen molar-refractivity contribution in [3.05, 3.63) is 59.7 Å². The summed E-state index contributed by atoms with van der Waals surface area (Å²) in [5, 5.41) is 9.09. The van der Waals surface area contributed by atoms with Crippen LogP contribution in [0.1, 0.15) is 15.9 Å². The third-order valence-corrected chi connectivity index (χ3v) is 4.89. The van der Waals surface area contributed by atoms with Crippen LogP contribution in [-0.4, -0.2) is 72.1 Å². The van der Waals surface area contributed by atoms with Gasteiger partial charge >= 0.3 is 6.09 Å². The number of hydrogen-bond acceptors (Lipinski definition) is 3. The second-order valence-corrected chi connectivity index (χ2v) is 6.98. The fourth-order valence-electron chi connectivity index (χ4n) is 3.30. The molecule has 142 valence electrons. The zero-order valence-corrected chi connectivity index (χ0v) is 15.8. The highest BCUT2D eigenvalue weighted by atomic mass is 16.4. The number of piperazine rings is 1. The van der Waals surface area contributed by atoms with Gasteiger partial charge in [-0.05, 0) is 22.8 Å². The average Bonchev–Trinajstić information content (AvgIpc) is 2.68. The van der Waals surface area contributed by atoms with Crippen LogP contribution >= 0.6 is 0 Å². The van der Waals surface area contributed by atoms with Gasteiger partial charge in [-0.1, -0.05) is 42.5 Å². The maximum atomic E-state index is 12.8. The largest absolute Gasteiger partial charge is 0.465 e. The Balaban J connectivity index is 1.84. The fourth-order valence-corrected chi connectivity index (χ4v) is 3.30. The molecule has 0 bridgehead atoms. The lowest BCUT2D eigenvalue weighted by Gasteiger charge is -2.33. The number of amides is 2. The predicted octanol–water partition coefficient (Wildman–Crippen LogP) is 2.85. The lowest BCUT2D eigenvalue weighted by Crippen LogP contribution is -2.47. The molecule has 0 radical (unpaired) electrons. The lowest BCUT2D eigenvalue weighted by molar-refractivity contribution is 0.0823. The molecule has 1 saturated heterocycles. The minimum absolute atomic E-state index is 0.0213. The molecule has 0 unspecified atom stereocenters. The molecule has 0 spiro atoms. The quantitative estimate of drug-likeness (QED) is 0.903. The van der Waals surface area contributed by atoms with E-state index in [2.05, 4.69) is 4.90 Å². The summed E-state index contributed by atoms with van der Waals surface area (Å²) in [6, 6.07) is 16.0. The van der Waals surface area contributed by atoms with Gasteiger partial charge in [-0.3, -0.25) is 9.69 Å². The molecule has 1 aliphatic heterocycles. The van der Waals surface area contributed by atoms with Crippen molar-refractivity contribution in [2.75, 3.05) is 40.3 Å². The third kappa shape index (κ3) is 4.46. The zero-order chi connectivity index (χ0) is 19.4. The van der Waals surface area contributed by atoms with Gasteiger partial charge in [0.1, 0.15) is 0 Å². The van der Waals surface area contributed by atoms with Crippen LogP contribution < -0.4 is 0 Å². The average molecular weight is 367 g/mol. The van der Waals surface area contributed by atoms with Crippen LogP contribution in [0.25, 0.3) is 11.1 Å². The van der Waals surface area contributed by atoms with E-state index in [-0.39, 0.29) is 5.91 Å². The summed E-state index contributed by atoms with van der Waals surface area (Å²) in [4.78, 5) is 29.0. The van der Waals surface area contributed by atoms with E-state index in [4.69, 9.17) is 5.11 Å². The molecule has 1 fully saturated rings. The molecule has 0 saturated carbocycles. The standard InChI is InChI=1S/C21H25N3O3/c1-22(2)20(25)19-14-17(16-6-4-3-5-7-16)8-9-18(19)15-23-10-12-24(13-11-23)21(26)27/h3-9,14H,10-13,15H2,1-2H3,(H,26,27). The molecule has 3 rings (SSSR count). The monoisotopic (exact) mass is 367 g/mol. The Labute approximate surface area is 159 Å². The summed E-state index contributed by atoms with van der Waals surface area (Å²) in [6.07, 6.45) is -0.870. The first kappa shape index (κ1) is 18.9. The van der Waals surface area contributed by atoms with E-state index in [0.717, 1.165) is 16.7 Å². The molecule has 2 amide bonds. The second kappa shape index (κ2) is 8.22. The van der Waals surface area contributed by atoms with Crippen LogP contribution in [0.2, 0.25) is 0 Å². The first-order valence-electron chi connectivity index (χ1n) is 9.06.